The molecule has 0 aromatic carbocycles. The van der Waals surface area contributed by atoms with Crippen molar-refractivity contribution in [1.82, 2.24) is 4.90 Å². The Morgan fingerprint density at radius 3 is 0.864 bits per heavy atom. The van der Waals surface area contributed by atoms with Gasteiger partial charge in [0.1, 0.15) is 0 Å². The van der Waals surface area contributed by atoms with Crippen LogP contribution in [-0.4, -0.2) is 60.0 Å². The van der Waals surface area contributed by atoms with Gasteiger partial charge in [-0.15, -0.1) is 0 Å². The molecule has 17 heteroatoms. The zero-order chi connectivity index (χ0) is 18.6. The molecule has 0 spiro atoms. The van der Waals surface area contributed by atoms with Gasteiger partial charge in [-0.25, -0.2) is 0 Å². The van der Waals surface area contributed by atoms with Gasteiger partial charge in [-0.2, -0.15) is 0 Å². The maximum absolute atomic E-state index is 9.75. The van der Waals surface area contributed by atoms with Gasteiger partial charge >= 0.3 is 21.8 Å². The molecule has 0 amide bonds. The predicted octanol–water partition coefficient (Wildman–Crippen LogP) is 3.85. The van der Waals surface area contributed by atoms with Crippen molar-refractivity contribution in [2.75, 3.05) is 33.4 Å². The van der Waals surface area contributed by atoms with E-state index in [4.69, 9.17) is 4.74 Å². The summed E-state index contributed by atoms with van der Waals surface area (Å²) in [5.41, 5.74) is 0. The molecule has 0 bridgehead atoms. The summed E-state index contributed by atoms with van der Waals surface area (Å²) in [5, 5.41) is 0. The minimum absolute atomic E-state index is 0.913. The summed E-state index contributed by atoms with van der Waals surface area (Å²) < 4.78 is 122. The van der Waals surface area contributed by atoms with E-state index in [1.54, 1.807) is 0 Å². The highest BCUT2D eigenvalue weighted by Crippen LogP contribution is 2.07. The number of likely N-dealkylation sites (N-methyl/N-ethyl adjacent to an activating group) is 1. The summed E-state index contributed by atoms with van der Waals surface area (Å²) in [6.07, 6.45) is 0. The molecule has 0 saturated carbocycles. The molecule has 1 saturated heterocycles. The van der Waals surface area contributed by atoms with Gasteiger partial charge < -0.3 is 61.4 Å². The van der Waals surface area contributed by atoms with Gasteiger partial charge in [0.2, 0.25) is 0 Å². The molecule has 0 radical (unpaired) electrons. The summed E-state index contributed by atoms with van der Waals surface area (Å²) in [6.45, 7) is 4.02. The Balaban J connectivity index is -0.000000223. The molecular weight excluding hydrogens is 350 g/mol. The fourth-order valence-corrected chi connectivity index (χ4v) is 0.655. The maximum Gasteiger partial charge on any atom is 0.673 e. The molecule has 0 aliphatic carbocycles. The normalized spacial score (nSPS) is 16.2. The van der Waals surface area contributed by atoms with Gasteiger partial charge in [-0.05, 0) is 7.05 Å². The van der Waals surface area contributed by atoms with E-state index in [1.165, 1.54) is 0 Å². The molecule has 138 valence electrons. The topological polar surface area (TPSA) is 12.5 Å². The van der Waals surface area contributed by atoms with Gasteiger partial charge in [-0.1, -0.05) is 0 Å². The number of ether oxygens (including phenoxy) is 1. The van der Waals surface area contributed by atoms with Crippen molar-refractivity contribution in [1.29, 1.82) is 0 Å². The van der Waals surface area contributed by atoms with E-state index < -0.39 is 21.8 Å². The van der Waals surface area contributed by atoms with Gasteiger partial charge in [0.25, 0.3) is 0 Å². The van der Waals surface area contributed by atoms with Crippen LogP contribution >= 0.6 is 0 Å². The quantitative estimate of drug-likeness (QED) is 0.480. The van der Waals surface area contributed by atoms with Gasteiger partial charge in [0.15, 0.2) is 0 Å². The number of nitrogens with zero attached hydrogens (tertiary/aromatic N) is 1. The second kappa shape index (κ2) is 11.8. The Morgan fingerprint density at radius 1 is 0.591 bits per heavy atom. The second-order valence-corrected chi connectivity index (χ2v) is 3.40. The van der Waals surface area contributed by atoms with Crippen LogP contribution in [-0.2, 0) is 4.74 Å². The molecule has 2 nitrogen and oxygen atoms in total. The van der Waals surface area contributed by atoms with Crippen LogP contribution in [0.4, 0.5) is 51.8 Å². The zero-order valence-electron chi connectivity index (χ0n) is 11.0. The molecule has 1 fully saturated rings. The molecule has 0 atom stereocenters. The first-order valence-corrected chi connectivity index (χ1v) is 5.28. The minimum Gasteiger partial charge on any atom is -0.418 e. The van der Waals surface area contributed by atoms with Crippen molar-refractivity contribution in [2.24, 2.45) is 0 Å². The maximum atomic E-state index is 9.75. The highest BCUT2D eigenvalue weighted by Gasteiger charge is 2.21. The average molecular weight is 362 g/mol. The van der Waals surface area contributed by atoms with E-state index in [1.807, 2.05) is 0 Å². The van der Waals surface area contributed by atoms with E-state index in [0.29, 0.717) is 0 Å². The third-order valence-corrected chi connectivity index (χ3v) is 1.23. The van der Waals surface area contributed by atoms with Crippen LogP contribution in [0.25, 0.3) is 0 Å². The predicted molar refractivity (Wildman–Crippen MR) is 58.9 cm³/mol. The largest absolute Gasteiger partial charge is 0.673 e. The Kier molecular flexibility index (Phi) is 14.0. The van der Waals surface area contributed by atoms with E-state index >= 15 is 0 Å². The van der Waals surface area contributed by atoms with Crippen LogP contribution in [0.3, 0.4) is 0 Å². The number of halogens is 12. The Morgan fingerprint density at radius 2 is 0.773 bits per heavy atom. The van der Waals surface area contributed by atoms with Crippen molar-refractivity contribution in [3.05, 3.63) is 0 Å². The van der Waals surface area contributed by atoms with E-state index in [2.05, 4.69) is 11.9 Å². The van der Waals surface area contributed by atoms with Gasteiger partial charge in [-0.3, -0.25) is 0 Å². The monoisotopic (exact) mass is 362 g/mol. The number of morpholine rings is 1. The molecule has 22 heavy (non-hydrogen) atoms. The van der Waals surface area contributed by atoms with Crippen molar-refractivity contribution in [2.45, 2.75) is 0 Å². The minimum atomic E-state index is -6.00. The van der Waals surface area contributed by atoms with E-state index in [9.17, 15) is 51.8 Å². The lowest BCUT2D eigenvalue weighted by atomic mass is 10.3. The molecule has 0 aromatic heterocycles. The summed E-state index contributed by atoms with van der Waals surface area (Å²) in [5.74, 6) is 0. The highest BCUT2D eigenvalue weighted by molar-refractivity contribution is 6.50. The smallest absolute Gasteiger partial charge is 0.418 e. The summed E-state index contributed by atoms with van der Waals surface area (Å²) in [6, 6.07) is 0. The molecule has 0 aromatic rings. The number of hydrogen-bond acceptors (Lipinski definition) is 2. The number of hydrogen-bond donors (Lipinski definition) is 0. The Hall–Kier alpha value is -0.725. The molecule has 0 unspecified atom stereocenters. The number of rotatable bonds is 0. The van der Waals surface area contributed by atoms with Crippen LogP contribution in [0.5, 0.6) is 0 Å². The SMILES string of the molecule is CN1CCOCC1.F[B-](F)(F)F.F[B-](F)(F)F.F[B-](F)(F)F. The molecule has 1 heterocycles. The summed E-state index contributed by atoms with van der Waals surface area (Å²) >= 11 is 0. The van der Waals surface area contributed by atoms with Crippen molar-refractivity contribution < 1.29 is 56.5 Å². The first-order chi connectivity index (χ1) is 9.39. The first-order valence-electron chi connectivity index (χ1n) is 5.28. The van der Waals surface area contributed by atoms with Crippen molar-refractivity contribution >= 4 is 21.8 Å². The van der Waals surface area contributed by atoms with Crippen LogP contribution in [0.1, 0.15) is 0 Å². The Bertz CT molecular complexity index is 202. The summed E-state index contributed by atoms with van der Waals surface area (Å²) in [4.78, 5) is 2.27. The lowest BCUT2D eigenvalue weighted by molar-refractivity contribution is 0.0503. The fraction of sp³-hybridized carbons (Fsp3) is 1.00. The molecule has 1 rings (SSSR count). The van der Waals surface area contributed by atoms with Crippen LogP contribution in [0.2, 0.25) is 0 Å². The molecule has 0 N–H and O–H groups in total. The van der Waals surface area contributed by atoms with Gasteiger partial charge in [0, 0.05) is 13.1 Å². The summed E-state index contributed by atoms with van der Waals surface area (Å²) in [7, 11) is -15.9. The first kappa shape index (κ1) is 26.2. The third kappa shape index (κ3) is 122. The second-order valence-electron chi connectivity index (χ2n) is 3.40. The Labute approximate surface area is 118 Å². The zero-order valence-corrected chi connectivity index (χ0v) is 11.0. The molecular formula is C5H11B3F12NO-3. The standard InChI is InChI=1S/C5H11NO.3BF4/c1-6-2-4-7-5-3-6;3*2-1(3,4)5/h2-5H2,1H3;;;/q;3*-1. The lowest BCUT2D eigenvalue weighted by Crippen LogP contribution is -2.32. The van der Waals surface area contributed by atoms with Crippen molar-refractivity contribution in [3.8, 4) is 0 Å². The van der Waals surface area contributed by atoms with Crippen LogP contribution in [0.15, 0.2) is 0 Å². The highest BCUT2D eigenvalue weighted by atomic mass is 19.5. The van der Waals surface area contributed by atoms with Gasteiger partial charge in [0.05, 0.1) is 13.2 Å². The lowest BCUT2D eigenvalue weighted by Gasteiger charge is -2.21. The molecule has 1 aliphatic heterocycles. The molecule has 1 aliphatic rings. The van der Waals surface area contributed by atoms with Crippen LogP contribution in [0, 0.1) is 0 Å². The van der Waals surface area contributed by atoms with Crippen LogP contribution < -0.4 is 0 Å². The third-order valence-electron chi connectivity index (χ3n) is 1.23. The van der Waals surface area contributed by atoms with Crippen molar-refractivity contribution in [3.63, 3.8) is 0 Å². The van der Waals surface area contributed by atoms with E-state index in [0.717, 1.165) is 26.3 Å². The van der Waals surface area contributed by atoms with E-state index in [-0.39, 0.29) is 0 Å². The average Bonchev–Trinajstić information content (AvgIpc) is 2.09. The fourth-order valence-electron chi connectivity index (χ4n) is 0.655.